The van der Waals surface area contributed by atoms with E-state index in [0.717, 1.165) is 27.6 Å². The van der Waals surface area contributed by atoms with Crippen LogP contribution < -0.4 is 4.90 Å². The molecule has 2 aromatic heterocycles. The summed E-state index contributed by atoms with van der Waals surface area (Å²) in [5.74, 6) is 0.256. The lowest BCUT2D eigenvalue weighted by Gasteiger charge is -2.53. The van der Waals surface area contributed by atoms with Crippen molar-refractivity contribution in [3.63, 3.8) is 0 Å². The third kappa shape index (κ3) is 5.11. The molecule has 3 heteroatoms. The van der Waals surface area contributed by atoms with E-state index in [-0.39, 0.29) is 17.3 Å². The SMILES string of the molecule is CC1C2=Cc3ccccc3C13C=CC(c1ccc4c(c1)c1ccccc1n4-c1cccc4oc5ccccc5c14)=C(c1ccccc1N2c1ccc2c(c1)C1(c4ccccc4-c4ccccc41)c1ccccc1-2)C3C. The van der Waals surface area contributed by atoms with Crippen molar-refractivity contribution in [2.45, 2.75) is 24.7 Å². The third-order valence-electron chi connectivity index (χ3n) is 18.4. The molecule has 0 saturated heterocycles. The number of anilines is 2. The van der Waals surface area contributed by atoms with Gasteiger partial charge in [0.05, 0.1) is 33.2 Å². The number of para-hydroxylation sites is 3. The molecular weight excluding hydrogens is 909 g/mol. The Hall–Kier alpha value is -9.18. The lowest BCUT2D eigenvalue weighted by Crippen LogP contribution is -2.47. The molecule has 3 nitrogen and oxygen atoms in total. The van der Waals surface area contributed by atoms with Crippen molar-refractivity contribution in [3.05, 3.63) is 287 Å². The van der Waals surface area contributed by atoms with Crippen LogP contribution in [0.25, 0.3) is 88.9 Å². The zero-order chi connectivity index (χ0) is 49.3. The Morgan fingerprint density at radius 1 is 0.440 bits per heavy atom. The summed E-state index contributed by atoms with van der Waals surface area (Å²) in [6.45, 7) is 5.00. The van der Waals surface area contributed by atoms with Gasteiger partial charge in [0.1, 0.15) is 11.2 Å². The van der Waals surface area contributed by atoms with E-state index in [2.05, 4.69) is 266 Å². The highest BCUT2D eigenvalue weighted by atomic mass is 16.3. The Morgan fingerprint density at radius 2 is 1.04 bits per heavy atom. The summed E-state index contributed by atoms with van der Waals surface area (Å²) in [6.07, 6.45) is 7.58. The van der Waals surface area contributed by atoms with Crippen LogP contribution in [0.5, 0.6) is 0 Å². The van der Waals surface area contributed by atoms with Crippen LogP contribution in [0.4, 0.5) is 11.4 Å². The molecule has 12 aromatic rings. The van der Waals surface area contributed by atoms with Gasteiger partial charge in [-0.05, 0) is 139 Å². The van der Waals surface area contributed by atoms with Crippen LogP contribution in [0.2, 0.25) is 0 Å². The Bertz CT molecular complexity index is 4550. The third-order valence-corrected chi connectivity index (χ3v) is 18.4. The maximum Gasteiger partial charge on any atom is 0.137 e. The summed E-state index contributed by atoms with van der Waals surface area (Å²) in [4.78, 5) is 2.65. The highest BCUT2D eigenvalue weighted by Gasteiger charge is 2.54. The van der Waals surface area contributed by atoms with Gasteiger partial charge >= 0.3 is 0 Å². The normalized spacial score (nSPS) is 19.2. The summed E-state index contributed by atoms with van der Waals surface area (Å²) < 4.78 is 8.90. The van der Waals surface area contributed by atoms with Crippen LogP contribution >= 0.6 is 0 Å². The number of rotatable bonds is 3. The number of nitrogens with zero attached hydrogens (tertiary/aromatic N) is 2. The number of aromatic nitrogens is 1. The number of allylic oxidation sites excluding steroid dienone is 5. The summed E-state index contributed by atoms with van der Waals surface area (Å²) >= 11 is 0. The van der Waals surface area contributed by atoms with E-state index >= 15 is 0 Å². The number of hydrogen-bond donors (Lipinski definition) is 0. The lowest BCUT2D eigenvalue weighted by atomic mass is 9.53. The maximum atomic E-state index is 6.45. The van der Waals surface area contributed by atoms with Crippen molar-refractivity contribution < 1.29 is 4.42 Å². The van der Waals surface area contributed by atoms with Gasteiger partial charge in [0.25, 0.3) is 0 Å². The van der Waals surface area contributed by atoms with Crippen LogP contribution in [0.1, 0.15) is 58.4 Å². The van der Waals surface area contributed by atoms with E-state index in [0.29, 0.717) is 0 Å². The topological polar surface area (TPSA) is 21.3 Å². The second kappa shape index (κ2) is 14.7. The van der Waals surface area contributed by atoms with Crippen molar-refractivity contribution in [2.24, 2.45) is 11.8 Å². The number of fused-ring (bicyclic) bond motifs is 21. The quantitative estimate of drug-likeness (QED) is 0.176. The minimum Gasteiger partial charge on any atom is -0.456 e. The maximum absolute atomic E-state index is 6.45. The van der Waals surface area contributed by atoms with E-state index < -0.39 is 5.41 Å². The van der Waals surface area contributed by atoms with Crippen LogP contribution in [0.15, 0.2) is 247 Å². The van der Waals surface area contributed by atoms with Gasteiger partial charge in [0, 0.05) is 44.4 Å². The molecule has 10 aromatic carbocycles. The molecule has 3 unspecified atom stereocenters. The van der Waals surface area contributed by atoms with Gasteiger partial charge in [-0.1, -0.05) is 196 Å². The first-order valence-corrected chi connectivity index (χ1v) is 26.6. The van der Waals surface area contributed by atoms with E-state index in [1.54, 1.807) is 0 Å². The van der Waals surface area contributed by atoms with Crippen molar-refractivity contribution >= 4 is 72.3 Å². The standard InChI is InChI=1S/C72H48N2O/c1-43-66-41-46-18-3-10-25-57(46)71(43)39-38-48(45-34-37-64-56(40-45)53-22-7-14-29-62(53)74(64)65-31-17-33-68-70(65)55-24-9-16-32-67(55)75-68)69(44(71)2)54-23-8-15-30-63(54)73(66)47-35-36-52-51-21-6-13-28-60(51)72(61(52)42-47)58-26-11-4-19-49(58)50-20-5-12-27-59(50)72/h3-44H,1-2H3. The largest absolute Gasteiger partial charge is 0.456 e. The molecule has 3 atom stereocenters. The molecule has 3 bridgehead atoms. The van der Waals surface area contributed by atoms with Gasteiger partial charge in [0.15, 0.2) is 0 Å². The summed E-state index contributed by atoms with van der Waals surface area (Å²) in [5, 5.41) is 4.71. The molecule has 5 aliphatic rings. The van der Waals surface area contributed by atoms with E-state index in [1.807, 2.05) is 0 Å². The van der Waals surface area contributed by atoms with E-state index in [4.69, 9.17) is 4.42 Å². The summed E-state index contributed by atoms with van der Waals surface area (Å²) in [7, 11) is 0. The zero-order valence-electron chi connectivity index (χ0n) is 41.6. The lowest BCUT2D eigenvalue weighted by molar-refractivity contribution is 0.322. The predicted octanol–water partition coefficient (Wildman–Crippen LogP) is 18.2. The molecule has 0 fully saturated rings. The van der Waals surface area contributed by atoms with Gasteiger partial charge in [0.2, 0.25) is 0 Å². The molecule has 0 radical (unpaired) electrons. The molecule has 0 saturated carbocycles. The molecule has 0 N–H and O–H groups in total. The van der Waals surface area contributed by atoms with Crippen LogP contribution in [0.3, 0.4) is 0 Å². The molecule has 3 heterocycles. The Labute approximate surface area is 435 Å². The molecule has 0 amide bonds. The monoisotopic (exact) mass is 956 g/mol. The molecule has 2 spiro atoms. The summed E-state index contributed by atoms with van der Waals surface area (Å²) in [6, 6.07) is 84.2. The number of hydrogen-bond acceptors (Lipinski definition) is 2. The minimum absolute atomic E-state index is 0.123. The van der Waals surface area contributed by atoms with E-state index in [1.165, 1.54) is 117 Å². The van der Waals surface area contributed by atoms with Gasteiger partial charge in [-0.15, -0.1) is 0 Å². The highest BCUT2D eigenvalue weighted by Crippen LogP contribution is 2.65. The predicted molar refractivity (Wildman–Crippen MR) is 310 cm³/mol. The van der Waals surface area contributed by atoms with Crippen molar-refractivity contribution in [1.29, 1.82) is 0 Å². The fourth-order valence-corrected chi connectivity index (χ4v) is 15.3. The Balaban J connectivity index is 0.916. The van der Waals surface area contributed by atoms with Crippen molar-refractivity contribution in [3.8, 4) is 27.9 Å². The Morgan fingerprint density at radius 3 is 1.81 bits per heavy atom. The molecule has 352 valence electrons. The molecule has 75 heavy (non-hydrogen) atoms. The summed E-state index contributed by atoms with van der Waals surface area (Å²) in [5.41, 5.74) is 26.7. The smallest absolute Gasteiger partial charge is 0.137 e. The Kier molecular flexibility index (Phi) is 8.12. The second-order valence-corrected chi connectivity index (χ2v) is 21.5. The molecular formula is C72H48N2O. The highest BCUT2D eigenvalue weighted by molar-refractivity contribution is 6.16. The fourth-order valence-electron chi connectivity index (χ4n) is 15.3. The van der Waals surface area contributed by atoms with Gasteiger partial charge in [-0.3, -0.25) is 0 Å². The van der Waals surface area contributed by atoms with Gasteiger partial charge in [-0.2, -0.15) is 0 Å². The van der Waals surface area contributed by atoms with Crippen molar-refractivity contribution in [1.82, 2.24) is 4.57 Å². The van der Waals surface area contributed by atoms with Crippen LogP contribution in [0, 0.1) is 11.8 Å². The van der Waals surface area contributed by atoms with Crippen molar-refractivity contribution in [2.75, 3.05) is 4.90 Å². The first-order valence-electron chi connectivity index (χ1n) is 26.6. The second-order valence-electron chi connectivity index (χ2n) is 21.5. The average Bonchev–Trinajstić information content (AvgIpc) is 4.36. The first kappa shape index (κ1) is 41.3. The van der Waals surface area contributed by atoms with Crippen LogP contribution in [-0.4, -0.2) is 4.57 Å². The fraction of sp³-hybridized carbons (Fsp3) is 0.0833. The average molecular weight is 957 g/mol. The molecule has 1 aliphatic heterocycles. The molecule has 4 aliphatic carbocycles. The minimum atomic E-state index is -0.457. The van der Waals surface area contributed by atoms with Crippen LogP contribution in [-0.2, 0) is 10.8 Å². The first-order chi connectivity index (χ1) is 37.0. The number of benzene rings is 10. The molecule has 17 rings (SSSR count). The number of furan rings is 1. The van der Waals surface area contributed by atoms with Gasteiger partial charge in [-0.25, -0.2) is 0 Å². The van der Waals surface area contributed by atoms with Gasteiger partial charge < -0.3 is 13.9 Å². The van der Waals surface area contributed by atoms with E-state index in [9.17, 15) is 0 Å². The zero-order valence-corrected chi connectivity index (χ0v) is 41.6.